The summed E-state index contributed by atoms with van der Waals surface area (Å²) in [6, 6.07) is -0.0485. The van der Waals surface area contributed by atoms with Gasteiger partial charge in [-0.25, -0.2) is 0 Å². The van der Waals surface area contributed by atoms with Gasteiger partial charge in [0.15, 0.2) is 0 Å². The quantitative estimate of drug-likeness (QED) is 0.644. The molecule has 3 unspecified atom stereocenters. The maximum atomic E-state index is 12.6. The van der Waals surface area contributed by atoms with Gasteiger partial charge in [0.2, 0.25) is 5.91 Å². The third-order valence-corrected chi connectivity index (χ3v) is 5.07. The van der Waals surface area contributed by atoms with Crippen LogP contribution in [0.2, 0.25) is 0 Å². The second kappa shape index (κ2) is 4.41. The van der Waals surface area contributed by atoms with Gasteiger partial charge in [-0.2, -0.15) is 0 Å². The first kappa shape index (κ1) is 12.1. The molecule has 4 rings (SSSR count). The second-order valence-corrected chi connectivity index (χ2v) is 5.84. The van der Waals surface area contributed by atoms with Crippen LogP contribution >= 0.6 is 0 Å². The van der Waals surface area contributed by atoms with Crippen molar-refractivity contribution in [3.05, 3.63) is 0 Å². The van der Waals surface area contributed by atoms with E-state index < -0.39 is 0 Å². The molecule has 19 heavy (non-hydrogen) atoms. The average Bonchev–Trinajstić information content (AvgIpc) is 2.95. The van der Waals surface area contributed by atoms with Gasteiger partial charge in [0.1, 0.15) is 12.2 Å². The van der Waals surface area contributed by atoms with Crippen LogP contribution in [0.3, 0.4) is 0 Å². The molecular weight excluding hydrogens is 244 g/mol. The predicted molar refractivity (Wildman–Crippen MR) is 69.4 cm³/mol. The van der Waals surface area contributed by atoms with Crippen LogP contribution in [0.1, 0.15) is 6.92 Å². The third kappa shape index (κ3) is 1.60. The van der Waals surface area contributed by atoms with E-state index in [-0.39, 0.29) is 18.1 Å². The number of rotatable bonds is 3. The monoisotopic (exact) mass is 266 g/mol. The molecule has 4 heterocycles. The summed E-state index contributed by atoms with van der Waals surface area (Å²) < 4.78 is 5.54. The Morgan fingerprint density at radius 3 is 2.47 bits per heavy atom. The first-order chi connectivity index (χ1) is 9.31. The third-order valence-electron chi connectivity index (χ3n) is 5.07. The molecule has 0 aliphatic carbocycles. The standard InChI is InChI=1S/C13H22N4O2/c1-2-19-9-10-13(18)17-8-6-15-4-3-14-5-7-16(10)12(17)11(14)15/h10-12H,2-9H2,1H3. The fraction of sp³-hybridized carbons (Fsp3) is 0.923. The highest BCUT2D eigenvalue weighted by atomic mass is 16.5. The molecule has 0 aromatic heterocycles. The van der Waals surface area contributed by atoms with Crippen LogP contribution in [0.4, 0.5) is 0 Å². The van der Waals surface area contributed by atoms with Crippen LogP contribution in [-0.4, -0.2) is 96.4 Å². The van der Waals surface area contributed by atoms with E-state index in [1.54, 1.807) is 0 Å². The van der Waals surface area contributed by atoms with Crippen molar-refractivity contribution < 1.29 is 9.53 Å². The molecule has 0 aromatic rings. The molecular formula is C13H22N4O2. The Balaban J connectivity index is 1.63. The Bertz CT molecular complexity index is 385. The van der Waals surface area contributed by atoms with Crippen LogP contribution in [0.25, 0.3) is 0 Å². The zero-order valence-corrected chi connectivity index (χ0v) is 11.5. The number of carbonyl (C=O) groups excluding carboxylic acids is 1. The molecule has 1 amide bonds. The first-order valence-electron chi connectivity index (χ1n) is 7.43. The molecule has 6 heteroatoms. The summed E-state index contributed by atoms with van der Waals surface area (Å²) in [4.78, 5) is 22.2. The normalized spacial score (nSPS) is 39.1. The summed E-state index contributed by atoms with van der Waals surface area (Å²) in [6.45, 7) is 9.53. The number of piperazine rings is 2. The number of carbonyl (C=O) groups is 1. The maximum absolute atomic E-state index is 12.6. The summed E-state index contributed by atoms with van der Waals surface area (Å²) in [5, 5.41) is 0. The molecule has 0 bridgehead atoms. The molecule has 4 fully saturated rings. The Morgan fingerprint density at radius 1 is 1.05 bits per heavy atom. The smallest absolute Gasteiger partial charge is 0.243 e. The fourth-order valence-corrected chi connectivity index (χ4v) is 4.18. The van der Waals surface area contributed by atoms with Gasteiger partial charge >= 0.3 is 0 Å². The second-order valence-electron chi connectivity index (χ2n) is 5.84. The lowest BCUT2D eigenvalue weighted by Crippen LogP contribution is -2.67. The van der Waals surface area contributed by atoms with Crippen LogP contribution < -0.4 is 0 Å². The van der Waals surface area contributed by atoms with Crippen molar-refractivity contribution in [1.82, 2.24) is 19.6 Å². The van der Waals surface area contributed by atoms with E-state index in [2.05, 4.69) is 19.6 Å². The predicted octanol–water partition coefficient (Wildman–Crippen LogP) is -1.17. The van der Waals surface area contributed by atoms with E-state index >= 15 is 0 Å². The Labute approximate surface area is 113 Å². The molecule has 4 aliphatic heterocycles. The molecule has 4 saturated heterocycles. The first-order valence-corrected chi connectivity index (χ1v) is 7.43. The van der Waals surface area contributed by atoms with E-state index in [4.69, 9.17) is 4.74 Å². The number of nitrogens with zero attached hydrogens (tertiary/aromatic N) is 4. The lowest BCUT2D eigenvalue weighted by Gasteiger charge is -2.49. The molecule has 4 aliphatic rings. The molecule has 3 atom stereocenters. The van der Waals surface area contributed by atoms with Crippen LogP contribution in [-0.2, 0) is 9.53 Å². The molecule has 0 aromatic carbocycles. The minimum atomic E-state index is -0.0485. The zero-order chi connectivity index (χ0) is 13.0. The molecule has 0 N–H and O–H groups in total. The van der Waals surface area contributed by atoms with Crippen molar-refractivity contribution in [2.24, 2.45) is 0 Å². The summed E-state index contributed by atoms with van der Waals surface area (Å²) in [5.41, 5.74) is 0. The lowest BCUT2D eigenvalue weighted by atomic mass is 10.1. The van der Waals surface area contributed by atoms with Gasteiger partial charge in [-0.05, 0) is 6.92 Å². The highest BCUT2D eigenvalue weighted by Gasteiger charge is 2.57. The molecule has 0 spiro atoms. The summed E-state index contributed by atoms with van der Waals surface area (Å²) >= 11 is 0. The van der Waals surface area contributed by atoms with Crippen LogP contribution in [0.15, 0.2) is 0 Å². The number of ether oxygens (including phenoxy) is 1. The fourth-order valence-electron chi connectivity index (χ4n) is 4.18. The Kier molecular flexibility index (Phi) is 2.80. The van der Waals surface area contributed by atoms with Gasteiger partial charge in [-0.15, -0.1) is 0 Å². The van der Waals surface area contributed by atoms with Crippen molar-refractivity contribution in [2.45, 2.75) is 25.3 Å². The van der Waals surface area contributed by atoms with Crippen molar-refractivity contribution in [3.63, 3.8) is 0 Å². The number of hydrogen-bond donors (Lipinski definition) is 0. The number of hydrogen-bond acceptors (Lipinski definition) is 5. The van der Waals surface area contributed by atoms with Crippen molar-refractivity contribution in [1.29, 1.82) is 0 Å². The molecule has 106 valence electrons. The van der Waals surface area contributed by atoms with Gasteiger partial charge in [0, 0.05) is 45.9 Å². The van der Waals surface area contributed by atoms with Crippen molar-refractivity contribution in [3.8, 4) is 0 Å². The maximum Gasteiger partial charge on any atom is 0.243 e. The lowest BCUT2D eigenvalue weighted by molar-refractivity contribution is -0.135. The SMILES string of the molecule is CCOCC1C(=O)N2CCN3CCN4CCN1C2C34. The summed E-state index contributed by atoms with van der Waals surface area (Å²) in [7, 11) is 0. The minimum Gasteiger partial charge on any atom is -0.380 e. The van der Waals surface area contributed by atoms with E-state index in [1.165, 1.54) is 0 Å². The highest BCUT2D eigenvalue weighted by Crippen LogP contribution is 2.36. The van der Waals surface area contributed by atoms with E-state index in [0.717, 1.165) is 39.3 Å². The topological polar surface area (TPSA) is 39.3 Å². The van der Waals surface area contributed by atoms with E-state index in [9.17, 15) is 4.79 Å². The van der Waals surface area contributed by atoms with Gasteiger partial charge in [0.05, 0.1) is 12.8 Å². The Hall–Kier alpha value is -0.690. The van der Waals surface area contributed by atoms with Gasteiger partial charge in [-0.3, -0.25) is 19.5 Å². The van der Waals surface area contributed by atoms with E-state index in [0.29, 0.717) is 19.4 Å². The number of amides is 1. The van der Waals surface area contributed by atoms with Gasteiger partial charge < -0.3 is 9.64 Å². The zero-order valence-electron chi connectivity index (χ0n) is 11.5. The van der Waals surface area contributed by atoms with Crippen LogP contribution in [0.5, 0.6) is 0 Å². The molecule has 0 saturated carbocycles. The Morgan fingerprint density at radius 2 is 1.74 bits per heavy atom. The molecule has 6 nitrogen and oxygen atoms in total. The van der Waals surface area contributed by atoms with Crippen molar-refractivity contribution in [2.75, 3.05) is 52.5 Å². The van der Waals surface area contributed by atoms with E-state index in [1.807, 2.05) is 6.92 Å². The van der Waals surface area contributed by atoms with Crippen LogP contribution in [0, 0.1) is 0 Å². The summed E-state index contributed by atoms with van der Waals surface area (Å²) in [5.74, 6) is 0.284. The minimum absolute atomic E-state index is 0.0485. The average molecular weight is 266 g/mol. The highest BCUT2D eigenvalue weighted by molar-refractivity contribution is 5.85. The largest absolute Gasteiger partial charge is 0.380 e. The van der Waals surface area contributed by atoms with Gasteiger partial charge in [0.25, 0.3) is 0 Å². The molecule has 0 radical (unpaired) electrons. The van der Waals surface area contributed by atoms with Gasteiger partial charge in [-0.1, -0.05) is 0 Å². The summed E-state index contributed by atoms with van der Waals surface area (Å²) in [6.07, 6.45) is 0.695. The van der Waals surface area contributed by atoms with Crippen molar-refractivity contribution >= 4 is 5.91 Å².